The molecule has 0 fully saturated rings. The molecule has 4 aromatic carbocycles. The van der Waals surface area contributed by atoms with E-state index in [1.54, 1.807) is 28.4 Å². The summed E-state index contributed by atoms with van der Waals surface area (Å²) in [5, 5.41) is 9.78. The fourth-order valence-electron chi connectivity index (χ4n) is 6.41. The second kappa shape index (κ2) is 15.2. The van der Waals surface area contributed by atoms with Crippen LogP contribution < -0.4 is 26.5 Å². The average Bonchev–Trinajstić information content (AvgIpc) is 3.13. The van der Waals surface area contributed by atoms with Gasteiger partial charge in [0.25, 0.3) is 0 Å². The van der Waals surface area contributed by atoms with Gasteiger partial charge in [-0.1, -0.05) is 121 Å². The van der Waals surface area contributed by atoms with Crippen LogP contribution in [0.4, 0.5) is 0 Å². The highest BCUT2D eigenvalue weighted by Gasteiger charge is 2.47. The van der Waals surface area contributed by atoms with Crippen LogP contribution in [0.1, 0.15) is 6.42 Å². The molecule has 6 nitrogen and oxygen atoms in total. The van der Waals surface area contributed by atoms with Gasteiger partial charge in [0.1, 0.15) is 0 Å². The number of rotatable bonds is 10. The third kappa shape index (κ3) is 6.68. The number of hydrogen-bond acceptors (Lipinski definition) is 6. The second-order valence-electron chi connectivity index (χ2n) is 11.0. The molecular weight excluding hydrogens is 610 g/mol. The molecule has 0 saturated heterocycles. The highest BCUT2D eigenvalue weighted by Crippen LogP contribution is 2.55. The predicted molar refractivity (Wildman–Crippen MR) is 191 cm³/mol. The summed E-state index contributed by atoms with van der Waals surface area (Å²) in [6.45, 7) is 0. The van der Waals surface area contributed by atoms with E-state index >= 15 is 0 Å². The molecule has 4 atom stereocenters. The molecule has 1 N–H and O–H groups in total. The van der Waals surface area contributed by atoms with Crippen molar-refractivity contribution in [1.29, 1.82) is 0 Å². The van der Waals surface area contributed by atoms with Gasteiger partial charge in [-0.3, -0.25) is 0 Å². The van der Waals surface area contributed by atoms with Gasteiger partial charge in [-0.15, -0.1) is 0 Å². The van der Waals surface area contributed by atoms with E-state index in [0.717, 1.165) is 12.0 Å². The van der Waals surface area contributed by atoms with Crippen molar-refractivity contribution in [2.75, 3.05) is 28.4 Å². The molecular formula is C38H40N2O4P2. The number of dihydropyridines is 1. The lowest BCUT2D eigenvalue weighted by molar-refractivity contribution is 0.0707. The summed E-state index contributed by atoms with van der Waals surface area (Å²) in [4.78, 5) is 5.06. The van der Waals surface area contributed by atoms with E-state index in [9.17, 15) is 0 Å². The Hall–Kier alpha value is -3.79. The Balaban J connectivity index is 1.66. The molecule has 46 heavy (non-hydrogen) atoms. The van der Waals surface area contributed by atoms with E-state index < -0.39 is 22.1 Å². The first-order valence-electron chi connectivity index (χ1n) is 15.4. The summed E-state index contributed by atoms with van der Waals surface area (Å²) < 4.78 is 24.4. The number of benzene rings is 4. The van der Waals surface area contributed by atoms with E-state index in [-0.39, 0.29) is 17.8 Å². The quantitative estimate of drug-likeness (QED) is 0.214. The van der Waals surface area contributed by atoms with Crippen molar-refractivity contribution in [1.82, 2.24) is 5.32 Å². The van der Waals surface area contributed by atoms with Crippen molar-refractivity contribution in [2.45, 2.75) is 24.5 Å². The predicted octanol–water partition coefficient (Wildman–Crippen LogP) is 5.98. The van der Waals surface area contributed by atoms with Crippen LogP contribution in [0.5, 0.6) is 0 Å². The van der Waals surface area contributed by atoms with Gasteiger partial charge < -0.3 is 24.3 Å². The van der Waals surface area contributed by atoms with Crippen molar-refractivity contribution in [3.8, 4) is 0 Å². The fourth-order valence-corrected chi connectivity index (χ4v) is 12.0. The molecule has 0 amide bonds. The van der Waals surface area contributed by atoms with Crippen LogP contribution >= 0.6 is 15.8 Å². The van der Waals surface area contributed by atoms with E-state index in [4.69, 9.17) is 23.9 Å². The highest BCUT2D eigenvalue weighted by atomic mass is 31.1. The van der Waals surface area contributed by atoms with Gasteiger partial charge in [0.2, 0.25) is 0 Å². The van der Waals surface area contributed by atoms with Crippen LogP contribution in [-0.2, 0) is 18.9 Å². The van der Waals surface area contributed by atoms with E-state index in [0.29, 0.717) is 11.8 Å². The molecule has 0 bridgehead atoms. The number of aliphatic imine (C=N–C) groups is 1. The van der Waals surface area contributed by atoms with Gasteiger partial charge in [0.15, 0.2) is 24.2 Å². The molecule has 0 aromatic heterocycles. The summed E-state index contributed by atoms with van der Waals surface area (Å²) in [5.74, 6) is 1.11. The van der Waals surface area contributed by atoms with Gasteiger partial charge in [0.05, 0.1) is 20.1 Å². The number of ether oxygens (including phenoxy) is 4. The zero-order chi connectivity index (χ0) is 31.9. The molecule has 2 aliphatic heterocycles. The smallest absolute Gasteiger partial charge is 0.193 e. The molecule has 2 aliphatic rings. The number of hydrogen-bond donors (Lipinski definition) is 1. The minimum atomic E-state index is -1.01. The van der Waals surface area contributed by atoms with Crippen molar-refractivity contribution in [3.63, 3.8) is 0 Å². The van der Waals surface area contributed by atoms with Gasteiger partial charge in [0, 0.05) is 37.9 Å². The average molecular weight is 651 g/mol. The minimum Gasteiger partial charge on any atom is -0.484 e. The zero-order valence-corrected chi connectivity index (χ0v) is 28.4. The molecule has 0 aliphatic carbocycles. The van der Waals surface area contributed by atoms with Gasteiger partial charge in [-0.05, 0) is 42.4 Å². The van der Waals surface area contributed by atoms with E-state index in [2.05, 4.69) is 133 Å². The molecule has 0 unspecified atom stereocenters. The van der Waals surface area contributed by atoms with Crippen molar-refractivity contribution < 1.29 is 18.9 Å². The fraction of sp³-hybridized carbons (Fsp3) is 0.237. The van der Waals surface area contributed by atoms with Crippen molar-refractivity contribution >= 4 is 43.0 Å². The Morgan fingerprint density at radius 2 is 1.13 bits per heavy atom. The maximum atomic E-state index is 6.31. The topological polar surface area (TPSA) is 61.3 Å². The molecule has 0 radical (unpaired) electrons. The number of nitrogens with zero attached hydrogens (tertiary/aromatic N) is 1. The summed E-state index contributed by atoms with van der Waals surface area (Å²) in [5.41, 5.74) is 1.20. The van der Waals surface area contributed by atoms with E-state index in [1.165, 1.54) is 26.5 Å². The third-order valence-corrected chi connectivity index (χ3v) is 13.8. The molecule has 0 spiro atoms. The Kier molecular flexibility index (Phi) is 10.6. The first kappa shape index (κ1) is 32.2. The third-order valence-electron chi connectivity index (χ3n) is 8.43. The molecule has 0 saturated carbocycles. The molecule has 8 heteroatoms. The Morgan fingerprint density at radius 3 is 1.57 bits per heavy atom. The second-order valence-corrected chi connectivity index (χ2v) is 15.6. The Bertz CT molecular complexity index is 1590. The van der Waals surface area contributed by atoms with Crippen LogP contribution in [-0.4, -0.2) is 52.5 Å². The van der Waals surface area contributed by atoms with Gasteiger partial charge >= 0.3 is 0 Å². The summed E-state index contributed by atoms with van der Waals surface area (Å²) in [6, 6.07) is 43.2. The maximum absolute atomic E-state index is 6.31. The van der Waals surface area contributed by atoms with Crippen molar-refractivity contribution in [2.24, 2.45) is 10.9 Å². The normalized spacial score (nSPS) is 21.4. The summed E-state index contributed by atoms with van der Waals surface area (Å²) in [7, 11) is 4.99. The summed E-state index contributed by atoms with van der Waals surface area (Å²) in [6.07, 6.45) is 2.09. The lowest BCUT2D eigenvalue weighted by Crippen LogP contribution is -2.48. The van der Waals surface area contributed by atoms with Crippen LogP contribution in [0.3, 0.4) is 0 Å². The van der Waals surface area contributed by atoms with Crippen LogP contribution in [0.15, 0.2) is 149 Å². The van der Waals surface area contributed by atoms with Crippen molar-refractivity contribution in [3.05, 3.63) is 144 Å². The Morgan fingerprint density at radius 1 is 0.630 bits per heavy atom. The zero-order valence-electron chi connectivity index (χ0n) is 26.6. The first-order chi connectivity index (χ1) is 22.7. The minimum absolute atomic E-state index is 0.0857. The lowest BCUT2D eigenvalue weighted by Gasteiger charge is -2.44. The first-order valence-corrected chi connectivity index (χ1v) is 18.1. The molecule has 6 rings (SSSR count). The number of methoxy groups -OCH3 is 4. The molecule has 236 valence electrons. The Labute approximate surface area is 274 Å². The maximum Gasteiger partial charge on any atom is 0.193 e. The van der Waals surface area contributed by atoms with Gasteiger partial charge in [-0.25, -0.2) is 4.99 Å². The van der Waals surface area contributed by atoms with Crippen LogP contribution in [0, 0.1) is 5.92 Å². The summed E-state index contributed by atoms with van der Waals surface area (Å²) >= 11 is 0. The van der Waals surface area contributed by atoms with Gasteiger partial charge in [-0.2, -0.15) is 0 Å². The number of nitrogens with one attached hydrogen (secondary N) is 1. The SMILES string of the molecule is COC1=CC(P(c2ccccc2)c2ccccc2)=C([C@H]2C(OC)=N[C@@H](OC)C[C@H]2P(c2ccccc2)c2ccccc2)[C@H](OC)N1. The van der Waals surface area contributed by atoms with Crippen LogP contribution in [0.2, 0.25) is 0 Å². The lowest BCUT2D eigenvalue weighted by atomic mass is 9.88. The largest absolute Gasteiger partial charge is 0.484 e. The number of allylic oxidation sites excluding steroid dienone is 2. The van der Waals surface area contributed by atoms with E-state index in [1.807, 2.05) is 0 Å². The molecule has 2 heterocycles. The van der Waals surface area contributed by atoms with Crippen LogP contribution in [0.25, 0.3) is 0 Å². The standard InChI is InChI=1S/C38H40N2O4P2/c1-41-33-25-31(45(27-17-9-5-10-18-27)28-19-11-6-12-20-28)35(37(39-33)43-3)36-32(26-34(42-2)40-38(36)44-4)46(29-21-13-7-14-22-29)30-23-15-8-16-24-30/h5-25,32,34,36-37,39H,26H2,1-4H3/t32-,34+,36+,37+/m1/s1. The molecule has 4 aromatic rings. The monoisotopic (exact) mass is 650 g/mol. The highest BCUT2D eigenvalue weighted by molar-refractivity contribution is 7.77.